The molecule has 0 heterocycles. The quantitative estimate of drug-likeness (QED) is 0.755. The van der Waals surface area contributed by atoms with E-state index in [1.165, 1.54) is 19.3 Å². The summed E-state index contributed by atoms with van der Waals surface area (Å²) in [6.07, 6.45) is 4.88. The van der Waals surface area contributed by atoms with E-state index in [4.69, 9.17) is 0 Å². The van der Waals surface area contributed by atoms with Crippen molar-refractivity contribution in [2.45, 2.75) is 32.6 Å². The highest BCUT2D eigenvalue weighted by molar-refractivity contribution is 9.09. The zero-order valence-corrected chi connectivity index (χ0v) is 10.3. The Bertz CT molecular complexity index is 237. The van der Waals surface area contributed by atoms with Gasteiger partial charge in [-0.15, -0.1) is 0 Å². The molecule has 0 radical (unpaired) electrons. The molecule has 3 heteroatoms. The topological polar surface area (TPSA) is 29.1 Å². The van der Waals surface area contributed by atoms with E-state index in [1.54, 1.807) is 0 Å². The third-order valence-corrected chi connectivity index (χ3v) is 4.06. The van der Waals surface area contributed by atoms with E-state index < -0.39 is 0 Å². The van der Waals surface area contributed by atoms with Gasteiger partial charge in [-0.2, -0.15) is 0 Å². The number of carbonyl (C=O) groups excluding carboxylic acids is 1. The third kappa shape index (κ3) is 2.30. The first kappa shape index (κ1) is 10.5. The molecular weight excluding hydrogens is 242 g/mol. The molecule has 2 atom stereocenters. The van der Waals surface area contributed by atoms with Gasteiger partial charge in [0.15, 0.2) is 0 Å². The summed E-state index contributed by atoms with van der Waals surface area (Å²) in [4.78, 5) is 11.6. The Morgan fingerprint density at radius 3 is 2.64 bits per heavy atom. The summed E-state index contributed by atoms with van der Waals surface area (Å²) >= 11 is 3.47. The average Bonchev–Trinajstić information content (AvgIpc) is 3.02. The van der Waals surface area contributed by atoms with Gasteiger partial charge in [-0.05, 0) is 37.0 Å². The molecule has 2 saturated carbocycles. The van der Waals surface area contributed by atoms with E-state index in [0.29, 0.717) is 23.2 Å². The lowest BCUT2D eigenvalue weighted by atomic mass is 10.0. The normalized spacial score (nSPS) is 32.4. The van der Waals surface area contributed by atoms with Crippen molar-refractivity contribution in [3.63, 3.8) is 0 Å². The Kier molecular flexibility index (Phi) is 2.87. The molecule has 2 aliphatic carbocycles. The van der Waals surface area contributed by atoms with Crippen molar-refractivity contribution in [2.24, 2.45) is 17.3 Å². The van der Waals surface area contributed by atoms with Gasteiger partial charge in [0.05, 0.1) is 0 Å². The number of alkyl halides is 1. The number of hydrogen-bond donors (Lipinski definition) is 1. The van der Waals surface area contributed by atoms with Crippen LogP contribution in [-0.4, -0.2) is 17.8 Å². The Morgan fingerprint density at radius 2 is 2.21 bits per heavy atom. The number of rotatable bonds is 5. The van der Waals surface area contributed by atoms with Gasteiger partial charge < -0.3 is 5.32 Å². The van der Waals surface area contributed by atoms with E-state index in [-0.39, 0.29) is 0 Å². The fourth-order valence-electron chi connectivity index (χ4n) is 1.99. The van der Waals surface area contributed by atoms with Crippen molar-refractivity contribution in [1.29, 1.82) is 0 Å². The molecule has 0 spiro atoms. The van der Waals surface area contributed by atoms with Crippen LogP contribution in [0.2, 0.25) is 0 Å². The Labute approximate surface area is 94.0 Å². The first-order valence-electron chi connectivity index (χ1n) is 5.51. The number of hydrogen-bond acceptors (Lipinski definition) is 1. The highest BCUT2D eigenvalue weighted by Crippen LogP contribution is 2.48. The van der Waals surface area contributed by atoms with Crippen molar-refractivity contribution in [3.8, 4) is 0 Å². The van der Waals surface area contributed by atoms with Crippen molar-refractivity contribution in [1.82, 2.24) is 5.32 Å². The first-order valence-corrected chi connectivity index (χ1v) is 6.63. The zero-order chi connectivity index (χ0) is 10.2. The lowest BCUT2D eigenvalue weighted by Gasteiger charge is -2.14. The van der Waals surface area contributed by atoms with E-state index in [1.807, 2.05) is 0 Å². The van der Waals surface area contributed by atoms with Gasteiger partial charge >= 0.3 is 0 Å². The van der Waals surface area contributed by atoms with Crippen LogP contribution in [0.3, 0.4) is 0 Å². The predicted octanol–water partition coefficient (Wildman–Crippen LogP) is 2.32. The predicted molar refractivity (Wildman–Crippen MR) is 60.4 cm³/mol. The van der Waals surface area contributed by atoms with Crippen LogP contribution in [0.4, 0.5) is 0 Å². The molecule has 2 nitrogen and oxygen atoms in total. The number of nitrogens with one attached hydrogen (secondary N) is 1. The molecule has 1 amide bonds. The van der Waals surface area contributed by atoms with Gasteiger partial charge in [-0.3, -0.25) is 4.79 Å². The maximum absolute atomic E-state index is 11.6. The van der Waals surface area contributed by atoms with Crippen molar-refractivity contribution < 1.29 is 4.79 Å². The summed E-state index contributed by atoms with van der Waals surface area (Å²) in [7, 11) is 0. The third-order valence-electron chi connectivity index (χ3n) is 3.67. The molecule has 2 rings (SSSR count). The molecule has 0 aromatic carbocycles. The van der Waals surface area contributed by atoms with E-state index in [0.717, 1.165) is 18.3 Å². The van der Waals surface area contributed by atoms with Gasteiger partial charge in [-0.25, -0.2) is 0 Å². The summed E-state index contributed by atoms with van der Waals surface area (Å²) in [5.41, 5.74) is 0.456. The number of halogens is 1. The Morgan fingerprint density at radius 1 is 1.57 bits per heavy atom. The second-order valence-electron chi connectivity index (χ2n) is 4.98. The monoisotopic (exact) mass is 259 g/mol. The maximum atomic E-state index is 11.6. The van der Waals surface area contributed by atoms with Gasteiger partial charge in [0, 0.05) is 17.8 Å². The van der Waals surface area contributed by atoms with E-state index in [9.17, 15) is 4.79 Å². The van der Waals surface area contributed by atoms with Gasteiger partial charge in [0.2, 0.25) is 5.91 Å². The summed E-state index contributed by atoms with van der Waals surface area (Å²) in [6.45, 7) is 3.05. The van der Waals surface area contributed by atoms with Crippen LogP contribution in [0.1, 0.15) is 32.6 Å². The summed E-state index contributed by atoms with van der Waals surface area (Å²) in [5.74, 6) is 1.24. The maximum Gasteiger partial charge on any atom is 0.223 e. The van der Waals surface area contributed by atoms with Gasteiger partial charge in [0.25, 0.3) is 0 Å². The molecule has 0 saturated heterocycles. The van der Waals surface area contributed by atoms with Crippen molar-refractivity contribution in [3.05, 3.63) is 0 Å². The first-order chi connectivity index (χ1) is 6.67. The summed E-state index contributed by atoms with van der Waals surface area (Å²) < 4.78 is 0. The molecule has 2 unspecified atom stereocenters. The van der Waals surface area contributed by atoms with Crippen LogP contribution in [0.15, 0.2) is 0 Å². The van der Waals surface area contributed by atoms with Crippen LogP contribution < -0.4 is 5.32 Å². The van der Waals surface area contributed by atoms with Gasteiger partial charge in [-0.1, -0.05) is 22.9 Å². The lowest BCUT2D eigenvalue weighted by molar-refractivity contribution is -0.122. The van der Waals surface area contributed by atoms with Crippen LogP contribution in [0.25, 0.3) is 0 Å². The molecule has 80 valence electrons. The summed E-state index contributed by atoms with van der Waals surface area (Å²) in [5, 5.41) is 4.16. The van der Waals surface area contributed by atoms with E-state index in [2.05, 4.69) is 28.2 Å². The van der Waals surface area contributed by atoms with Crippen LogP contribution >= 0.6 is 15.9 Å². The smallest absolute Gasteiger partial charge is 0.223 e. The fourth-order valence-corrected chi connectivity index (χ4v) is 2.83. The minimum atomic E-state index is 0.290. The second-order valence-corrected chi connectivity index (χ2v) is 5.77. The average molecular weight is 260 g/mol. The SMILES string of the molecule is CC1CC1C(=O)NCC1(CCBr)CC1. The Hall–Kier alpha value is -0.0500. The zero-order valence-electron chi connectivity index (χ0n) is 8.68. The minimum Gasteiger partial charge on any atom is -0.355 e. The van der Waals surface area contributed by atoms with E-state index >= 15 is 0 Å². The molecule has 14 heavy (non-hydrogen) atoms. The molecule has 0 bridgehead atoms. The molecule has 1 N–H and O–H groups in total. The largest absolute Gasteiger partial charge is 0.355 e. The number of carbonyl (C=O) groups is 1. The number of amides is 1. The molecule has 2 aliphatic rings. The van der Waals surface area contributed by atoms with Crippen LogP contribution in [-0.2, 0) is 4.79 Å². The van der Waals surface area contributed by atoms with Crippen molar-refractivity contribution >= 4 is 21.8 Å². The fraction of sp³-hybridized carbons (Fsp3) is 0.909. The highest BCUT2D eigenvalue weighted by atomic mass is 79.9. The molecule has 0 aromatic rings. The van der Waals surface area contributed by atoms with Gasteiger partial charge in [0.1, 0.15) is 0 Å². The Balaban J connectivity index is 1.69. The standard InChI is InChI=1S/C11H18BrNO/c1-8-6-9(8)10(14)13-7-11(2-3-11)4-5-12/h8-9H,2-7H2,1H3,(H,13,14). The molecule has 2 fully saturated rings. The highest BCUT2D eigenvalue weighted by Gasteiger charge is 2.44. The van der Waals surface area contributed by atoms with Crippen LogP contribution in [0, 0.1) is 17.3 Å². The molecular formula is C11H18BrNO. The minimum absolute atomic E-state index is 0.290. The summed E-state index contributed by atoms with van der Waals surface area (Å²) in [6, 6.07) is 0. The lowest BCUT2D eigenvalue weighted by Crippen LogP contribution is -2.31. The second kappa shape index (κ2) is 3.84. The van der Waals surface area contributed by atoms with Crippen molar-refractivity contribution in [2.75, 3.05) is 11.9 Å². The molecule has 0 aliphatic heterocycles. The molecule has 0 aromatic heterocycles. The van der Waals surface area contributed by atoms with Crippen LogP contribution in [0.5, 0.6) is 0 Å².